The van der Waals surface area contributed by atoms with E-state index in [9.17, 15) is 9.90 Å². The standard InChI is InChI=1S/C27H34N2O2/c1-19-25-23(24(25)18-29(19)17-20-10-4-2-5-11-20)16-28-26(30)27(31,22-14-8-9-15-22)21-12-6-3-7-13-21/h2-7,10-13,19,22-25,31H,8-9,14-18H2,1H3,(H,28,30). The molecule has 3 aliphatic rings. The lowest BCUT2D eigenvalue weighted by Crippen LogP contribution is -2.50. The van der Waals surface area contributed by atoms with Gasteiger partial charge in [0.05, 0.1) is 0 Å². The Hall–Kier alpha value is -2.17. The molecule has 1 amide bonds. The van der Waals surface area contributed by atoms with E-state index in [4.69, 9.17) is 0 Å². The molecular weight excluding hydrogens is 384 g/mol. The predicted octanol–water partition coefficient (Wildman–Crippen LogP) is 3.95. The van der Waals surface area contributed by atoms with Crippen LogP contribution in [0.3, 0.4) is 0 Å². The van der Waals surface area contributed by atoms with Gasteiger partial charge < -0.3 is 10.4 Å². The third-order valence-electron chi connectivity index (χ3n) is 8.21. The van der Waals surface area contributed by atoms with Gasteiger partial charge >= 0.3 is 0 Å². The molecule has 0 radical (unpaired) electrons. The molecule has 1 aliphatic heterocycles. The zero-order valence-electron chi connectivity index (χ0n) is 18.4. The molecule has 164 valence electrons. The normalized spacial score (nSPS) is 30.0. The Morgan fingerprint density at radius 1 is 1.06 bits per heavy atom. The molecule has 2 aromatic carbocycles. The number of likely N-dealkylation sites (tertiary alicyclic amines) is 1. The minimum Gasteiger partial charge on any atom is -0.375 e. The van der Waals surface area contributed by atoms with Crippen molar-refractivity contribution in [3.8, 4) is 0 Å². The minimum absolute atomic E-state index is 0.00823. The number of piperidine rings is 1. The molecule has 5 unspecified atom stereocenters. The highest BCUT2D eigenvalue weighted by Crippen LogP contribution is 2.55. The number of fused-ring (bicyclic) bond motifs is 1. The van der Waals surface area contributed by atoms with Crippen LogP contribution < -0.4 is 5.32 Å². The fourth-order valence-electron chi connectivity index (χ4n) is 6.37. The van der Waals surface area contributed by atoms with Gasteiger partial charge in [0.2, 0.25) is 0 Å². The van der Waals surface area contributed by atoms with E-state index in [2.05, 4.69) is 47.5 Å². The first kappa shape index (κ1) is 20.7. The zero-order valence-corrected chi connectivity index (χ0v) is 18.4. The molecule has 3 fully saturated rings. The van der Waals surface area contributed by atoms with Crippen LogP contribution >= 0.6 is 0 Å². The molecular formula is C27H34N2O2. The lowest BCUT2D eigenvalue weighted by molar-refractivity contribution is -0.147. The van der Waals surface area contributed by atoms with Crippen LogP contribution in [0.4, 0.5) is 0 Å². The molecule has 31 heavy (non-hydrogen) atoms. The smallest absolute Gasteiger partial charge is 0.256 e. The minimum atomic E-state index is -1.41. The molecule has 1 heterocycles. The van der Waals surface area contributed by atoms with Crippen molar-refractivity contribution in [1.29, 1.82) is 0 Å². The van der Waals surface area contributed by atoms with E-state index in [1.54, 1.807) is 0 Å². The monoisotopic (exact) mass is 418 g/mol. The molecule has 0 aromatic heterocycles. The van der Waals surface area contributed by atoms with Crippen LogP contribution in [-0.2, 0) is 16.9 Å². The molecule has 5 atom stereocenters. The van der Waals surface area contributed by atoms with E-state index in [0.717, 1.165) is 44.3 Å². The maximum absolute atomic E-state index is 13.3. The highest BCUT2D eigenvalue weighted by atomic mass is 16.3. The molecule has 2 saturated carbocycles. The predicted molar refractivity (Wildman–Crippen MR) is 122 cm³/mol. The molecule has 4 heteroatoms. The van der Waals surface area contributed by atoms with E-state index < -0.39 is 5.60 Å². The Balaban J connectivity index is 1.20. The van der Waals surface area contributed by atoms with Crippen LogP contribution in [0, 0.1) is 23.7 Å². The van der Waals surface area contributed by atoms with Crippen LogP contribution in [0.5, 0.6) is 0 Å². The van der Waals surface area contributed by atoms with E-state index in [-0.39, 0.29) is 11.8 Å². The van der Waals surface area contributed by atoms with Gasteiger partial charge in [-0.1, -0.05) is 73.5 Å². The number of benzene rings is 2. The molecule has 2 aliphatic carbocycles. The highest BCUT2D eigenvalue weighted by molar-refractivity contribution is 5.86. The summed E-state index contributed by atoms with van der Waals surface area (Å²) in [6.45, 7) is 5.12. The Kier molecular flexibility index (Phi) is 5.61. The second-order valence-corrected chi connectivity index (χ2v) is 9.88. The van der Waals surface area contributed by atoms with Crippen molar-refractivity contribution in [2.75, 3.05) is 13.1 Å². The first-order valence-electron chi connectivity index (χ1n) is 11.9. The Bertz CT molecular complexity index is 896. The number of carbonyl (C=O) groups is 1. The number of aliphatic hydroxyl groups is 1. The van der Waals surface area contributed by atoms with Crippen LogP contribution in [-0.4, -0.2) is 35.0 Å². The van der Waals surface area contributed by atoms with E-state index >= 15 is 0 Å². The van der Waals surface area contributed by atoms with Gasteiger partial charge in [-0.05, 0) is 48.6 Å². The lowest BCUT2D eigenvalue weighted by Gasteiger charge is -2.33. The summed E-state index contributed by atoms with van der Waals surface area (Å²) in [6.07, 6.45) is 4.02. The maximum atomic E-state index is 13.3. The van der Waals surface area contributed by atoms with Crippen molar-refractivity contribution in [2.45, 2.75) is 50.8 Å². The Labute approximate surface area is 185 Å². The SMILES string of the molecule is CC1C2C(CNC(=O)C(O)(c3ccccc3)C3CCCC3)C2CN1Cc1ccccc1. The summed E-state index contributed by atoms with van der Waals surface area (Å²) in [4.78, 5) is 15.9. The van der Waals surface area contributed by atoms with E-state index in [1.807, 2.05) is 30.3 Å². The van der Waals surface area contributed by atoms with Gasteiger partial charge in [-0.3, -0.25) is 9.69 Å². The van der Waals surface area contributed by atoms with Crippen LogP contribution in [0.15, 0.2) is 60.7 Å². The van der Waals surface area contributed by atoms with E-state index in [0.29, 0.717) is 30.3 Å². The average molecular weight is 419 g/mol. The highest BCUT2D eigenvalue weighted by Gasteiger charge is 2.59. The number of rotatable bonds is 7. The van der Waals surface area contributed by atoms with Gasteiger partial charge in [0, 0.05) is 31.6 Å². The average Bonchev–Trinajstić information content (AvgIpc) is 3.11. The maximum Gasteiger partial charge on any atom is 0.256 e. The number of hydrogen-bond donors (Lipinski definition) is 2. The number of nitrogens with zero attached hydrogens (tertiary/aromatic N) is 1. The summed E-state index contributed by atoms with van der Waals surface area (Å²) in [6, 6.07) is 20.8. The Morgan fingerprint density at radius 2 is 1.71 bits per heavy atom. The second kappa shape index (κ2) is 8.40. The molecule has 1 saturated heterocycles. The van der Waals surface area contributed by atoms with Crippen molar-refractivity contribution in [3.05, 3.63) is 71.8 Å². The van der Waals surface area contributed by atoms with Gasteiger partial charge in [-0.2, -0.15) is 0 Å². The number of hydrogen-bond acceptors (Lipinski definition) is 3. The summed E-state index contributed by atoms with van der Waals surface area (Å²) < 4.78 is 0. The molecule has 2 N–H and O–H groups in total. The lowest BCUT2D eigenvalue weighted by atomic mass is 9.79. The van der Waals surface area contributed by atoms with Crippen LogP contribution in [0.1, 0.15) is 43.7 Å². The van der Waals surface area contributed by atoms with Crippen LogP contribution in [0.2, 0.25) is 0 Å². The van der Waals surface area contributed by atoms with Crippen molar-refractivity contribution < 1.29 is 9.90 Å². The quantitative estimate of drug-likeness (QED) is 0.716. The number of nitrogens with one attached hydrogen (secondary N) is 1. The molecule has 4 nitrogen and oxygen atoms in total. The van der Waals surface area contributed by atoms with Gasteiger partial charge in [0.1, 0.15) is 0 Å². The van der Waals surface area contributed by atoms with Gasteiger partial charge in [0.25, 0.3) is 5.91 Å². The molecule has 2 aromatic rings. The van der Waals surface area contributed by atoms with Crippen LogP contribution in [0.25, 0.3) is 0 Å². The molecule has 5 rings (SSSR count). The number of carbonyl (C=O) groups excluding carboxylic acids is 1. The molecule has 0 spiro atoms. The van der Waals surface area contributed by atoms with E-state index in [1.165, 1.54) is 5.56 Å². The van der Waals surface area contributed by atoms with Gasteiger partial charge in [-0.25, -0.2) is 0 Å². The Morgan fingerprint density at radius 3 is 2.32 bits per heavy atom. The zero-order chi connectivity index (χ0) is 21.4. The van der Waals surface area contributed by atoms with Crippen molar-refractivity contribution in [2.24, 2.45) is 23.7 Å². The molecule has 0 bridgehead atoms. The fourth-order valence-corrected chi connectivity index (χ4v) is 6.37. The topological polar surface area (TPSA) is 52.6 Å². The summed E-state index contributed by atoms with van der Waals surface area (Å²) in [5, 5.41) is 14.8. The summed E-state index contributed by atoms with van der Waals surface area (Å²) in [5.41, 5.74) is 0.690. The van der Waals surface area contributed by atoms with Gasteiger partial charge in [-0.15, -0.1) is 0 Å². The first-order valence-corrected chi connectivity index (χ1v) is 11.9. The van der Waals surface area contributed by atoms with Crippen molar-refractivity contribution in [1.82, 2.24) is 10.2 Å². The summed E-state index contributed by atoms with van der Waals surface area (Å²) in [5.74, 6) is 1.66. The summed E-state index contributed by atoms with van der Waals surface area (Å²) >= 11 is 0. The van der Waals surface area contributed by atoms with Crippen molar-refractivity contribution in [3.63, 3.8) is 0 Å². The number of amides is 1. The van der Waals surface area contributed by atoms with Gasteiger partial charge in [0.15, 0.2) is 5.60 Å². The first-order chi connectivity index (χ1) is 15.1. The third-order valence-corrected chi connectivity index (χ3v) is 8.21. The fraction of sp³-hybridized carbons (Fsp3) is 0.519. The largest absolute Gasteiger partial charge is 0.375 e. The van der Waals surface area contributed by atoms with Crippen molar-refractivity contribution >= 4 is 5.91 Å². The third kappa shape index (κ3) is 3.81. The summed E-state index contributed by atoms with van der Waals surface area (Å²) in [7, 11) is 0. The second-order valence-electron chi connectivity index (χ2n) is 9.88.